The van der Waals surface area contributed by atoms with Crippen molar-refractivity contribution >= 4 is 13.7 Å². The summed E-state index contributed by atoms with van der Waals surface area (Å²) in [7, 11) is 1.39. The van der Waals surface area contributed by atoms with Gasteiger partial charge in [0.2, 0.25) is 5.91 Å². The van der Waals surface area contributed by atoms with Gasteiger partial charge < -0.3 is 24.9 Å². The van der Waals surface area contributed by atoms with Gasteiger partial charge in [-0.1, -0.05) is 181 Å². The summed E-state index contributed by atoms with van der Waals surface area (Å²) in [5, 5.41) is 24.7. The summed E-state index contributed by atoms with van der Waals surface area (Å²) in [4.78, 5) is 23.3. The van der Waals surface area contributed by atoms with Crippen LogP contribution in [-0.4, -0.2) is 84.6 Å². The molecule has 0 saturated carbocycles. The number of allylic oxidation sites excluding steroid dienone is 18. The first kappa shape index (κ1) is 64.1. The molecule has 0 aliphatic rings. The van der Waals surface area contributed by atoms with Crippen LogP contribution in [0, 0.1) is 0 Å². The van der Waals surface area contributed by atoms with Crippen LogP contribution in [0.25, 0.3) is 0 Å². The van der Waals surface area contributed by atoms with Gasteiger partial charge in [0.1, 0.15) is 19.3 Å². The third-order valence-corrected chi connectivity index (χ3v) is 12.1. The second-order valence-electron chi connectivity index (χ2n) is 18.6. The molecule has 0 aromatic rings. The van der Waals surface area contributed by atoms with E-state index in [0.717, 1.165) is 96.3 Å². The maximum absolute atomic E-state index is 13.0. The van der Waals surface area contributed by atoms with Gasteiger partial charge in [-0.2, -0.15) is 0 Å². The number of likely N-dealkylation sites (N-methyl/N-ethyl adjacent to an activating group) is 1. The molecule has 0 saturated heterocycles. The van der Waals surface area contributed by atoms with E-state index in [1.165, 1.54) is 51.4 Å². The van der Waals surface area contributed by atoms with Crippen LogP contribution in [0.15, 0.2) is 109 Å². The number of quaternary nitrogens is 1. The molecular weight excluding hydrogens is 856 g/mol. The largest absolute Gasteiger partial charge is 0.472 e. The number of phosphoric ester groups is 1. The number of aliphatic hydroxyl groups is 2. The number of amides is 1. The maximum atomic E-state index is 13.0. The zero-order chi connectivity index (χ0) is 49.4. The van der Waals surface area contributed by atoms with Crippen molar-refractivity contribution in [1.82, 2.24) is 5.32 Å². The van der Waals surface area contributed by atoms with E-state index in [4.69, 9.17) is 9.05 Å². The average molecular weight is 956 g/mol. The Morgan fingerprint density at radius 1 is 0.537 bits per heavy atom. The summed E-state index contributed by atoms with van der Waals surface area (Å²) < 4.78 is 23.5. The Balaban J connectivity index is 4.30. The molecule has 0 bridgehead atoms. The van der Waals surface area contributed by atoms with Gasteiger partial charge in [-0.25, -0.2) is 4.57 Å². The van der Waals surface area contributed by atoms with Gasteiger partial charge in [0.25, 0.3) is 0 Å². The third-order valence-electron chi connectivity index (χ3n) is 11.1. The summed E-state index contributed by atoms with van der Waals surface area (Å²) in [6.45, 7) is 4.40. The van der Waals surface area contributed by atoms with Crippen LogP contribution in [0.3, 0.4) is 0 Å². The topological polar surface area (TPSA) is 125 Å². The standard InChI is InChI=1S/C57H99N2O7P/c1-6-8-10-12-14-16-18-20-21-22-23-24-25-26-27-28-29-30-31-32-33-34-35-36-37-38-40-42-44-46-48-50-56(61)58-54(53-66-67(63,64)65-52-51-59(3,4)5)57(62)55(60)49-47-45-43-41-39-19-17-15-13-11-9-7-2/h8,10,14-17,20-21,23-24,26-27,29-30,32-33,41,43,54-55,57,60,62H,6-7,9,11-13,18-19,22,25,28,31,34-40,42,44-53H2,1-5H3,(H-,58,61,63,64)/p+1/b10-8-,16-14-,17-15+,21-20-,24-23-,27-26-,30-29-,33-32-,43-41+. The molecule has 0 heterocycles. The monoisotopic (exact) mass is 956 g/mol. The number of nitrogens with zero attached hydrogens (tertiary/aromatic N) is 1. The molecule has 0 spiro atoms. The quantitative estimate of drug-likeness (QED) is 0.0207. The zero-order valence-electron chi connectivity index (χ0n) is 43.2. The average Bonchev–Trinajstić information content (AvgIpc) is 3.29. The molecule has 67 heavy (non-hydrogen) atoms. The molecule has 4 atom stereocenters. The normalized spacial score (nSPS) is 15.4. The van der Waals surface area contributed by atoms with Crippen molar-refractivity contribution in [3.8, 4) is 0 Å². The lowest BCUT2D eigenvalue weighted by atomic mass is 10.0. The van der Waals surface area contributed by atoms with E-state index in [9.17, 15) is 24.5 Å². The SMILES string of the molecule is CC/C=C\C/C=C\C/C=C\C/C=C\C/C=C\C/C=C\C/C=C\CCCCCCCCCCCC(=O)NC(COP(=O)(O)OCC[N+](C)(C)C)C(O)C(O)CCC/C=C/CC/C=C/CCCCC. The predicted molar refractivity (Wildman–Crippen MR) is 287 cm³/mol. The maximum Gasteiger partial charge on any atom is 0.472 e. The smallest absolute Gasteiger partial charge is 0.390 e. The second kappa shape index (κ2) is 46.8. The summed E-state index contributed by atoms with van der Waals surface area (Å²) in [5.41, 5.74) is 0. The summed E-state index contributed by atoms with van der Waals surface area (Å²) in [5.74, 6) is -0.285. The number of aliphatic hydroxyl groups excluding tert-OH is 2. The molecular formula is C57H100N2O7P+. The van der Waals surface area contributed by atoms with Gasteiger partial charge in [-0.3, -0.25) is 13.8 Å². The number of nitrogens with one attached hydrogen (secondary N) is 1. The first-order valence-electron chi connectivity index (χ1n) is 26.3. The molecule has 0 aromatic heterocycles. The number of unbranched alkanes of at least 4 members (excludes halogenated alkanes) is 14. The number of hydrogen-bond acceptors (Lipinski definition) is 6. The highest BCUT2D eigenvalue weighted by Gasteiger charge is 2.31. The van der Waals surface area contributed by atoms with Crippen molar-refractivity contribution in [2.75, 3.05) is 40.9 Å². The number of carbonyl (C=O) groups is 1. The highest BCUT2D eigenvalue weighted by Crippen LogP contribution is 2.43. The highest BCUT2D eigenvalue weighted by molar-refractivity contribution is 7.47. The van der Waals surface area contributed by atoms with Crippen LogP contribution < -0.4 is 5.32 Å². The van der Waals surface area contributed by atoms with Crippen LogP contribution in [0.4, 0.5) is 0 Å². The number of phosphoric acid groups is 1. The van der Waals surface area contributed by atoms with Gasteiger partial charge in [-0.15, -0.1) is 0 Å². The van der Waals surface area contributed by atoms with Crippen LogP contribution >= 0.6 is 7.82 Å². The zero-order valence-corrected chi connectivity index (χ0v) is 44.1. The minimum Gasteiger partial charge on any atom is -0.390 e. The van der Waals surface area contributed by atoms with Gasteiger partial charge in [-0.05, 0) is 109 Å². The Morgan fingerprint density at radius 2 is 0.940 bits per heavy atom. The molecule has 10 heteroatoms. The number of carbonyl (C=O) groups excluding carboxylic acids is 1. The molecule has 0 aliphatic heterocycles. The Morgan fingerprint density at radius 3 is 1.42 bits per heavy atom. The van der Waals surface area contributed by atoms with Crippen molar-refractivity contribution in [2.45, 2.75) is 205 Å². The molecule has 0 rings (SSSR count). The molecule has 0 fully saturated rings. The molecule has 0 aromatic carbocycles. The van der Waals surface area contributed by atoms with E-state index >= 15 is 0 Å². The third kappa shape index (κ3) is 48.0. The molecule has 4 N–H and O–H groups in total. The Bertz CT molecular complexity index is 1470. The summed E-state index contributed by atoms with van der Waals surface area (Å²) >= 11 is 0. The Labute approximate surface area is 411 Å². The van der Waals surface area contributed by atoms with Crippen molar-refractivity contribution in [3.63, 3.8) is 0 Å². The minimum atomic E-state index is -4.44. The predicted octanol–water partition coefficient (Wildman–Crippen LogP) is 14.6. The summed E-state index contributed by atoms with van der Waals surface area (Å²) in [6, 6.07) is -1.07. The fourth-order valence-electron chi connectivity index (χ4n) is 6.90. The van der Waals surface area contributed by atoms with Crippen molar-refractivity contribution in [2.24, 2.45) is 0 Å². The fourth-order valence-corrected chi connectivity index (χ4v) is 7.64. The lowest BCUT2D eigenvalue weighted by molar-refractivity contribution is -0.870. The second-order valence-corrected chi connectivity index (χ2v) is 20.1. The molecule has 0 radical (unpaired) electrons. The van der Waals surface area contributed by atoms with Crippen molar-refractivity contribution in [3.05, 3.63) is 109 Å². The van der Waals surface area contributed by atoms with Crippen molar-refractivity contribution < 1.29 is 38.0 Å². The van der Waals surface area contributed by atoms with Gasteiger partial charge in [0, 0.05) is 6.42 Å². The van der Waals surface area contributed by atoms with Crippen LogP contribution in [-0.2, 0) is 18.4 Å². The van der Waals surface area contributed by atoms with E-state index < -0.39 is 32.7 Å². The lowest BCUT2D eigenvalue weighted by Crippen LogP contribution is -2.51. The van der Waals surface area contributed by atoms with Crippen LogP contribution in [0.2, 0.25) is 0 Å². The lowest BCUT2D eigenvalue weighted by Gasteiger charge is -2.28. The minimum absolute atomic E-state index is 0.00663. The molecule has 1 amide bonds. The first-order valence-corrected chi connectivity index (χ1v) is 27.8. The van der Waals surface area contributed by atoms with Crippen molar-refractivity contribution in [1.29, 1.82) is 0 Å². The molecule has 4 unspecified atom stereocenters. The first-order chi connectivity index (χ1) is 32.4. The van der Waals surface area contributed by atoms with E-state index in [-0.39, 0.29) is 18.9 Å². The molecule has 0 aliphatic carbocycles. The fraction of sp³-hybridized carbons (Fsp3) is 0.667. The molecule has 9 nitrogen and oxygen atoms in total. The van der Waals surface area contributed by atoms with Gasteiger partial charge in [0.05, 0.1) is 39.9 Å². The Hall–Kier alpha value is -2.88. The Kier molecular flexibility index (Phi) is 44.8. The van der Waals surface area contributed by atoms with E-state index in [1.807, 2.05) is 21.1 Å². The van der Waals surface area contributed by atoms with E-state index in [1.54, 1.807) is 0 Å². The summed E-state index contributed by atoms with van der Waals surface area (Å²) in [6.07, 6.45) is 64.5. The van der Waals surface area contributed by atoms with Crippen LogP contribution in [0.5, 0.6) is 0 Å². The van der Waals surface area contributed by atoms with Gasteiger partial charge >= 0.3 is 7.82 Å². The van der Waals surface area contributed by atoms with E-state index in [2.05, 4.69) is 129 Å². The number of hydrogen-bond donors (Lipinski definition) is 4. The van der Waals surface area contributed by atoms with E-state index in [0.29, 0.717) is 30.3 Å². The number of rotatable bonds is 46. The highest BCUT2D eigenvalue weighted by atomic mass is 31.2. The van der Waals surface area contributed by atoms with Gasteiger partial charge in [0.15, 0.2) is 0 Å². The van der Waals surface area contributed by atoms with Crippen LogP contribution in [0.1, 0.15) is 187 Å². The molecule has 384 valence electrons.